The van der Waals surface area contributed by atoms with Gasteiger partial charge in [0.25, 0.3) is 0 Å². The maximum Gasteiger partial charge on any atom is 0.203 e. The van der Waals surface area contributed by atoms with E-state index in [0.717, 1.165) is 48.9 Å². The number of aromatic nitrogens is 2. The zero-order chi connectivity index (χ0) is 22.9. The van der Waals surface area contributed by atoms with E-state index >= 15 is 0 Å². The number of hydrogen-bond acceptors (Lipinski definition) is 5. The zero-order valence-electron chi connectivity index (χ0n) is 20.0. The molecule has 3 aromatic rings. The van der Waals surface area contributed by atoms with Gasteiger partial charge in [0.15, 0.2) is 17.5 Å². The highest BCUT2D eigenvalue weighted by molar-refractivity contribution is 14.0. The van der Waals surface area contributed by atoms with Crippen LogP contribution in [0.2, 0.25) is 0 Å². The molecule has 2 N–H and O–H groups in total. The third kappa shape index (κ3) is 6.66. The highest BCUT2D eigenvalue weighted by Crippen LogP contribution is 2.38. The smallest absolute Gasteiger partial charge is 0.203 e. The second-order valence-electron chi connectivity index (χ2n) is 7.31. The van der Waals surface area contributed by atoms with Gasteiger partial charge >= 0.3 is 0 Å². The van der Waals surface area contributed by atoms with Crippen molar-refractivity contribution in [2.24, 2.45) is 4.99 Å². The van der Waals surface area contributed by atoms with Gasteiger partial charge in [0.2, 0.25) is 5.75 Å². The molecular formula is C24H34IN5O3. The molecule has 0 unspecified atom stereocenters. The maximum atomic E-state index is 5.44. The molecule has 0 aliphatic carbocycles. The van der Waals surface area contributed by atoms with Gasteiger partial charge in [0.05, 0.1) is 38.9 Å². The first-order chi connectivity index (χ1) is 15.6. The number of benzene rings is 2. The maximum absolute atomic E-state index is 5.44. The van der Waals surface area contributed by atoms with E-state index in [1.807, 2.05) is 18.2 Å². The second-order valence-corrected chi connectivity index (χ2v) is 7.31. The number of nitrogens with one attached hydrogen (secondary N) is 2. The van der Waals surface area contributed by atoms with Crippen LogP contribution >= 0.6 is 24.0 Å². The van der Waals surface area contributed by atoms with Crippen LogP contribution in [-0.4, -0.2) is 49.9 Å². The van der Waals surface area contributed by atoms with Crippen LogP contribution in [0.5, 0.6) is 17.2 Å². The number of ether oxygens (including phenoxy) is 3. The summed E-state index contributed by atoms with van der Waals surface area (Å²) in [5.74, 6) is 3.63. The van der Waals surface area contributed by atoms with E-state index in [4.69, 9.17) is 19.2 Å². The highest BCUT2D eigenvalue weighted by Gasteiger charge is 2.13. The minimum Gasteiger partial charge on any atom is -0.493 e. The molecule has 0 amide bonds. The van der Waals surface area contributed by atoms with Crippen molar-refractivity contribution in [1.29, 1.82) is 0 Å². The summed E-state index contributed by atoms with van der Waals surface area (Å²) >= 11 is 0. The molecule has 33 heavy (non-hydrogen) atoms. The van der Waals surface area contributed by atoms with Crippen LogP contribution in [0.25, 0.3) is 11.0 Å². The Morgan fingerprint density at radius 1 is 1.03 bits per heavy atom. The highest BCUT2D eigenvalue weighted by atomic mass is 127. The quantitative estimate of drug-likeness (QED) is 0.166. The van der Waals surface area contributed by atoms with Gasteiger partial charge in [-0.15, -0.1) is 24.0 Å². The number of fused-ring (bicyclic) bond motifs is 1. The van der Waals surface area contributed by atoms with Gasteiger partial charge in [-0.1, -0.05) is 12.1 Å². The lowest BCUT2D eigenvalue weighted by Gasteiger charge is -2.14. The lowest BCUT2D eigenvalue weighted by atomic mass is 10.2. The SMILES string of the molecule is CCNC(=NCc1cc(OC)c(OC)c(OC)c1)NCCCn1c(C)nc2ccccc21.I. The average Bonchev–Trinajstić information content (AvgIpc) is 3.14. The van der Waals surface area contributed by atoms with E-state index in [2.05, 4.69) is 52.2 Å². The number of hydrogen-bond donors (Lipinski definition) is 2. The predicted molar refractivity (Wildman–Crippen MR) is 143 cm³/mol. The Balaban J connectivity index is 0.00000385. The van der Waals surface area contributed by atoms with Crippen molar-refractivity contribution in [1.82, 2.24) is 20.2 Å². The van der Waals surface area contributed by atoms with Gasteiger partial charge in [-0.2, -0.15) is 0 Å². The van der Waals surface area contributed by atoms with Gasteiger partial charge < -0.3 is 29.4 Å². The van der Waals surface area contributed by atoms with Crippen molar-refractivity contribution in [3.8, 4) is 17.2 Å². The molecule has 1 heterocycles. The fraction of sp³-hybridized carbons (Fsp3) is 0.417. The molecule has 0 saturated heterocycles. The van der Waals surface area contributed by atoms with Gasteiger partial charge in [0, 0.05) is 19.6 Å². The number of methoxy groups -OCH3 is 3. The Bertz CT molecular complexity index is 1040. The molecule has 3 rings (SSSR count). The fourth-order valence-corrected chi connectivity index (χ4v) is 3.66. The topological polar surface area (TPSA) is 81.9 Å². The summed E-state index contributed by atoms with van der Waals surface area (Å²) in [6, 6.07) is 12.1. The third-order valence-electron chi connectivity index (χ3n) is 5.18. The number of aryl methyl sites for hydroxylation is 2. The minimum absolute atomic E-state index is 0. The van der Waals surface area contributed by atoms with Crippen LogP contribution < -0.4 is 24.8 Å². The summed E-state index contributed by atoms with van der Waals surface area (Å²) in [5, 5.41) is 6.72. The average molecular weight is 567 g/mol. The molecule has 180 valence electrons. The molecule has 0 aliphatic heterocycles. The summed E-state index contributed by atoms with van der Waals surface area (Å²) in [4.78, 5) is 9.35. The first kappa shape index (κ1) is 26.6. The first-order valence-electron chi connectivity index (χ1n) is 10.8. The Labute approximate surface area is 212 Å². The standard InChI is InChI=1S/C24H33N5O3.HI/c1-6-25-24(27-16-18-14-21(30-3)23(32-5)22(15-18)31-4)26-12-9-13-29-17(2)28-19-10-7-8-11-20(19)29;/h7-8,10-11,14-15H,6,9,12-13,16H2,1-5H3,(H2,25,26,27);1H. The van der Waals surface area contributed by atoms with Crippen molar-refractivity contribution in [3.63, 3.8) is 0 Å². The van der Waals surface area contributed by atoms with Crippen molar-refractivity contribution >= 4 is 41.0 Å². The number of rotatable bonds is 10. The molecule has 0 aliphatic rings. The molecule has 0 radical (unpaired) electrons. The number of para-hydroxylation sites is 2. The van der Waals surface area contributed by atoms with E-state index in [1.165, 1.54) is 5.52 Å². The van der Waals surface area contributed by atoms with E-state index in [-0.39, 0.29) is 24.0 Å². The molecule has 9 heteroatoms. The Morgan fingerprint density at radius 2 is 1.73 bits per heavy atom. The lowest BCUT2D eigenvalue weighted by Crippen LogP contribution is -2.38. The van der Waals surface area contributed by atoms with Gasteiger partial charge in [-0.25, -0.2) is 9.98 Å². The monoisotopic (exact) mass is 567 g/mol. The number of aliphatic imine (C=N–C) groups is 1. The van der Waals surface area contributed by atoms with Gasteiger partial charge in [0.1, 0.15) is 5.82 Å². The van der Waals surface area contributed by atoms with E-state index in [9.17, 15) is 0 Å². The summed E-state index contributed by atoms with van der Waals surface area (Å²) in [6.45, 7) is 7.07. The molecule has 8 nitrogen and oxygen atoms in total. The van der Waals surface area contributed by atoms with Crippen LogP contribution in [0.3, 0.4) is 0 Å². The van der Waals surface area contributed by atoms with Crippen LogP contribution in [0.1, 0.15) is 24.7 Å². The molecule has 0 saturated carbocycles. The normalized spacial score (nSPS) is 11.1. The van der Waals surface area contributed by atoms with Crippen LogP contribution in [0.4, 0.5) is 0 Å². The van der Waals surface area contributed by atoms with Crippen molar-refractivity contribution in [2.75, 3.05) is 34.4 Å². The molecule has 0 atom stereocenters. The third-order valence-corrected chi connectivity index (χ3v) is 5.18. The van der Waals surface area contributed by atoms with Crippen LogP contribution in [-0.2, 0) is 13.1 Å². The second kappa shape index (κ2) is 13.1. The van der Waals surface area contributed by atoms with Crippen molar-refractivity contribution < 1.29 is 14.2 Å². The van der Waals surface area contributed by atoms with E-state index < -0.39 is 0 Å². The van der Waals surface area contributed by atoms with Crippen LogP contribution in [0, 0.1) is 6.92 Å². The zero-order valence-corrected chi connectivity index (χ0v) is 22.3. The molecule has 0 bridgehead atoms. The molecule has 0 spiro atoms. The van der Waals surface area contributed by atoms with Gasteiger partial charge in [-0.3, -0.25) is 0 Å². The molecule has 1 aromatic heterocycles. The molecule has 0 fully saturated rings. The largest absolute Gasteiger partial charge is 0.493 e. The number of halogens is 1. The van der Waals surface area contributed by atoms with Crippen molar-refractivity contribution in [3.05, 3.63) is 47.8 Å². The van der Waals surface area contributed by atoms with E-state index in [0.29, 0.717) is 23.8 Å². The minimum atomic E-state index is 0. The Hall–Kier alpha value is -2.69. The molecule has 2 aromatic carbocycles. The summed E-state index contributed by atoms with van der Waals surface area (Å²) < 4.78 is 18.5. The summed E-state index contributed by atoms with van der Waals surface area (Å²) in [7, 11) is 4.82. The fourth-order valence-electron chi connectivity index (χ4n) is 3.66. The molecular weight excluding hydrogens is 533 g/mol. The lowest BCUT2D eigenvalue weighted by molar-refractivity contribution is 0.324. The number of guanidine groups is 1. The number of imidazole rings is 1. The summed E-state index contributed by atoms with van der Waals surface area (Å²) in [6.07, 6.45) is 0.954. The Kier molecular flexibility index (Phi) is 10.6. The van der Waals surface area contributed by atoms with Crippen LogP contribution in [0.15, 0.2) is 41.4 Å². The van der Waals surface area contributed by atoms with Crippen molar-refractivity contribution in [2.45, 2.75) is 33.4 Å². The number of nitrogens with zero attached hydrogens (tertiary/aromatic N) is 3. The Morgan fingerprint density at radius 3 is 2.36 bits per heavy atom. The van der Waals surface area contributed by atoms with Gasteiger partial charge in [-0.05, 0) is 50.1 Å². The van der Waals surface area contributed by atoms with E-state index in [1.54, 1.807) is 21.3 Å². The predicted octanol–water partition coefficient (Wildman–Crippen LogP) is 4.13. The summed E-state index contributed by atoms with van der Waals surface area (Å²) in [5.41, 5.74) is 3.18. The first-order valence-corrected chi connectivity index (χ1v) is 10.8.